The summed E-state index contributed by atoms with van der Waals surface area (Å²) in [7, 11) is 0. The maximum Gasteiger partial charge on any atom is 0.229 e. The van der Waals surface area contributed by atoms with Gasteiger partial charge in [-0.05, 0) is 48.7 Å². The van der Waals surface area contributed by atoms with Crippen molar-refractivity contribution in [3.63, 3.8) is 0 Å². The van der Waals surface area contributed by atoms with Crippen LogP contribution in [0.5, 0.6) is 0 Å². The summed E-state index contributed by atoms with van der Waals surface area (Å²) in [5.41, 5.74) is 5.21. The van der Waals surface area contributed by atoms with Crippen LogP contribution in [0.4, 0.5) is 11.4 Å². The maximum atomic E-state index is 12.8. The Morgan fingerprint density at radius 1 is 1.11 bits per heavy atom. The number of hydrogen-bond acceptors (Lipinski definition) is 4. The standard InChI is InChI=1S/C22H24N2O2S2/c1-14-5-3-8-19(15(14)2)24-13-17(12-20(24)25)21(26)23-18-7-4-6-16(11-18)22-27-9-10-28-22/h3-8,11,17,22H,9-10,12-13H2,1-2H3,(H,23,26). The molecule has 2 heterocycles. The molecule has 2 aliphatic rings. The molecule has 1 unspecified atom stereocenters. The average molecular weight is 413 g/mol. The van der Waals surface area contributed by atoms with Gasteiger partial charge in [0.1, 0.15) is 0 Å². The number of anilines is 2. The van der Waals surface area contributed by atoms with E-state index < -0.39 is 0 Å². The second-order valence-corrected chi connectivity index (χ2v) is 10.0. The molecule has 1 atom stereocenters. The number of thioether (sulfide) groups is 2. The molecule has 2 amide bonds. The van der Waals surface area contributed by atoms with E-state index in [-0.39, 0.29) is 24.2 Å². The molecule has 2 saturated heterocycles. The van der Waals surface area contributed by atoms with E-state index in [1.807, 2.05) is 67.7 Å². The third-order valence-corrected chi connectivity index (χ3v) is 8.52. The Hall–Kier alpha value is -1.92. The third kappa shape index (κ3) is 3.94. The molecule has 2 fully saturated rings. The van der Waals surface area contributed by atoms with Crippen molar-refractivity contribution in [3.05, 3.63) is 59.2 Å². The maximum absolute atomic E-state index is 12.8. The summed E-state index contributed by atoms with van der Waals surface area (Å²) in [5.74, 6) is 1.95. The molecule has 0 spiro atoms. The summed E-state index contributed by atoms with van der Waals surface area (Å²) in [6, 6.07) is 14.1. The zero-order chi connectivity index (χ0) is 19.7. The summed E-state index contributed by atoms with van der Waals surface area (Å²) in [5, 5.41) is 3.03. The number of nitrogens with zero attached hydrogens (tertiary/aromatic N) is 1. The van der Waals surface area contributed by atoms with Crippen LogP contribution >= 0.6 is 23.5 Å². The van der Waals surface area contributed by atoms with Gasteiger partial charge in [0.05, 0.1) is 10.5 Å². The van der Waals surface area contributed by atoms with Crippen LogP contribution in [0.1, 0.15) is 27.7 Å². The van der Waals surface area contributed by atoms with E-state index in [0.717, 1.165) is 22.5 Å². The summed E-state index contributed by atoms with van der Waals surface area (Å²) in [4.78, 5) is 27.2. The van der Waals surface area contributed by atoms with Crippen LogP contribution in [-0.2, 0) is 9.59 Å². The van der Waals surface area contributed by atoms with Gasteiger partial charge in [-0.15, -0.1) is 23.5 Å². The van der Waals surface area contributed by atoms with Crippen molar-refractivity contribution in [2.24, 2.45) is 5.92 Å². The Bertz CT molecular complexity index is 909. The highest BCUT2D eigenvalue weighted by atomic mass is 32.2. The van der Waals surface area contributed by atoms with E-state index in [4.69, 9.17) is 0 Å². The van der Waals surface area contributed by atoms with Gasteiger partial charge in [-0.2, -0.15) is 0 Å². The largest absolute Gasteiger partial charge is 0.326 e. The Morgan fingerprint density at radius 2 is 1.86 bits per heavy atom. The molecule has 0 saturated carbocycles. The van der Waals surface area contributed by atoms with Crippen LogP contribution in [0, 0.1) is 19.8 Å². The molecule has 4 rings (SSSR count). The highest BCUT2D eigenvalue weighted by Gasteiger charge is 2.35. The van der Waals surface area contributed by atoms with Crippen LogP contribution in [0.25, 0.3) is 0 Å². The van der Waals surface area contributed by atoms with E-state index in [1.54, 1.807) is 4.90 Å². The summed E-state index contributed by atoms with van der Waals surface area (Å²) >= 11 is 3.90. The van der Waals surface area contributed by atoms with Crippen molar-refractivity contribution < 1.29 is 9.59 Å². The Morgan fingerprint density at radius 3 is 2.64 bits per heavy atom. The predicted molar refractivity (Wildman–Crippen MR) is 119 cm³/mol. The third-order valence-electron chi connectivity index (χ3n) is 5.41. The van der Waals surface area contributed by atoms with Crippen LogP contribution in [-0.4, -0.2) is 29.9 Å². The lowest BCUT2D eigenvalue weighted by Gasteiger charge is -2.20. The van der Waals surface area contributed by atoms with Crippen LogP contribution in [0.3, 0.4) is 0 Å². The first-order valence-electron chi connectivity index (χ1n) is 9.53. The van der Waals surface area contributed by atoms with E-state index in [2.05, 4.69) is 17.4 Å². The first kappa shape index (κ1) is 19.4. The van der Waals surface area contributed by atoms with Gasteiger partial charge in [0, 0.05) is 35.8 Å². The van der Waals surface area contributed by atoms with Crippen molar-refractivity contribution in [1.29, 1.82) is 0 Å². The van der Waals surface area contributed by atoms with Gasteiger partial charge < -0.3 is 10.2 Å². The van der Waals surface area contributed by atoms with Gasteiger partial charge in [0.15, 0.2) is 0 Å². The number of benzene rings is 2. The second-order valence-electron chi connectivity index (χ2n) is 7.31. The number of amides is 2. The molecule has 6 heteroatoms. The van der Waals surface area contributed by atoms with Gasteiger partial charge >= 0.3 is 0 Å². The lowest BCUT2D eigenvalue weighted by Crippen LogP contribution is -2.28. The number of carbonyl (C=O) groups excluding carboxylic acids is 2. The summed E-state index contributed by atoms with van der Waals surface area (Å²) in [6.07, 6.45) is 0.257. The van der Waals surface area contributed by atoms with Gasteiger partial charge in [0.2, 0.25) is 11.8 Å². The van der Waals surface area contributed by atoms with Gasteiger partial charge in [-0.3, -0.25) is 9.59 Å². The first-order chi connectivity index (χ1) is 13.5. The molecule has 4 nitrogen and oxygen atoms in total. The van der Waals surface area contributed by atoms with E-state index in [0.29, 0.717) is 11.1 Å². The van der Waals surface area contributed by atoms with Crippen molar-refractivity contribution in [2.75, 3.05) is 28.3 Å². The average Bonchev–Trinajstić information content (AvgIpc) is 3.34. The quantitative estimate of drug-likeness (QED) is 0.786. The van der Waals surface area contributed by atoms with E-state index in [1.165, 1.54) is 17.1 Å². The highest BCUT2D eigenvalue weighted by Crippen LogP contribution is 2.45. The Labute approximate surface area is 174 Å². The van der Waals surface area contributed by atoms with Gasteiger partial charge in [0.25, 0.3) is 0 Å². The molecule has 2 aliphatic heterocycles. The fourth-order valence-electron chi connectivity index (χ4n) is 3.70. The molecular formula is C22H24N2O2S2. The minimum atomic E-state index is -0.328. The summed E-state index contributed by atoms with van der Waals surface area (Å²) in [6.45, 7) is 4.50. The van der Waals surface area contributed by atoms with Crippen LogP contribution < -0.4 is 10.2 Å². The normalized spacial score (nSPS) is 20.0. The fourth-order valence-corrected chi connectivity index (χ4v) is 6.54. The molecule has 1 N–H and O–H groups in total. The van der Waals surface area contributed by atoms with Crippen molar-refractivity contribution in [2.45, 2.75) is 24.9 Å². The zero-order valence-electron chi connectivity index (χ0n) is 16.1. The molecular weight excluding hydrogens is 388 g/mol. The molecule has 28 heavy (non-hydrogen) atoms. The number of aryl methyl sites for hydroxylation is 1. The molecule has 0 aromatic heterocycles. The summed E-state index contributed by atoms with van der Waals surface area (Å²) < 4.78 is 0.449. The van der Waals surface area contributed by atoms with Crippen molar-refractivity contribution >= 4 is 46.7 Å². The number of hydrogen-bond donors (Lipinski definition) is 1. The second kappa shape index (κ2) is 8.21. The van der Waals surface area contributed by atoms with E-state index >= 15 is 0 Å². The molecule has 0 bridgehead atoms. The smallest absolute Gasteiger partial charge is 0.229 e. The topological polar surface area (TPSA) is 49.4 Å². The minimum absolute atomic E-state index is 0.0151. The molecule has 146 valence electrons. The van der Waals surface area contributed by atoms with E-state index in [9.17, 15) is 9.59 Å². The van der Waals surface area contributed by atoms with Crippen molar-refractivity contribution in [1.82, 2.24) is 0 Å². The predicted octanol–water partition coefficient (Wildman–Crippen LogP) is 4.77. The number of carbonyl (C=O) groups is 2. The Kier molecular flexibility index (Phi) is 5.69. The van der Waals surface area contributed by atoms with Gasteiger partial charge in [-0.25, -0.2) is 0 Å². The monoisotopic (exact) mass is 412 g/mol. The molecule has 0 radical (unpaired) electrons. The number of nitrogens with one attached hydrogen (secondary N) is 1. The lowest BCUT2D eigenvalue weighted by atomic mass is 10.1. The van der Waals surface area contributed by atoms with Crippen molar-refractivity contribution in [3.8, 4) is 0 Å². The first-order valence-corrected chi connectivity index (χ1v) is 11.6. The highest BCUT2D eigenvalue weighted by molar-refractivity contribution is 8.19. The van der Waals surface area contributed by atoms with Gasteiger partial charge in [-0.1, -0.05) is 24.3 Å². The van der Waals surface area contributed by atoms with Crippen LogP contribution in [0.15, 0.2) is 42.5 Å². The molecule has 2 aromatic carbocycles. The fraction of sp³-hybridized carbons (Fsp3) is 0.364. The number of rotatable bonds is 4. The zero-order valence-corrected chi connectivity index (χ0v) is 17.7. The molecule has 0 aliphatic carbocycles. The Balaban J connectivity index is 1.45. The van der Waals surface area contributed by atoms with Crippen LogP contribution in [0.2, 0.25) is 0 Å². The SMILES string of the molecule is Cc1cccc(N2CC(C(=O)Nc3cccc(C4SCCS4)c3)CC2=O)c1C. The lowest BCUT2D eigenvalue weighted by molar-refractivity contribution is -0.122. The molecule has 2 aromatic rings. The minimum Gasteiger partial charge on any atom is -0.326 e.